The van der Waals surface area contributed by atoms with Crippen molar-refractivity contribution in [2.45, 2.75) is 39.8 Å². The fourth-order valence-corrected chi connectivity index (χ4v) is 4.79. The van der Waals surface area contributed by atoms with E-state index in [0.717, 1.165) is 11.1 Å². The van der Waals surface area contributed by atoms with Crippen molar-refractivity contribution in [3.8, 4) is 22.6 Å². The van der Waals surface area contributed by atoms with Crippen LogP contribution in [0.25, 0.3) is 11.1 Å². The lowest BCUT2D eigenvalue weighted by molar-refractivity contribution is -0.119. The van der Waals surface area contributed by atoms with E-state index in [1.54, 1.807) is 56.3 Å². The second-order valence-corrected chi connectivity index (χ2v) is 10.7. The lowest BCUT2D eigenvalue weighted by atomic mass is 9.92. The number of aryl methyl sites for hydroxylation is 2. The summed E-state index contributed by atoms with van der Waals surface area (Å²) in [6.07, 6.45) is 0. The van der Waals surface area contributed by atoms with Gasteiger partial charge in [-0.15, -0.1) is 0 Å². The van der Waals surface area contributed by atoms with Crippen LogP contribution in [0.4, 0.5) is 11.4 Å². The molecule has 0 fully saturated rings. The fourth-order valence-electron chi connectivity index (χ4n) is 4.79. The molecule has 0 spiro atoms. The first-order valence-corrected chi connectivity index (χ1v) is 13.5. The predicted octanol–water partition coefficient (Wildman–Crippen LogP) is 6.70. The minimum atomic E-state index is -0.829. The monoisotopic (exact) mass is 564 g/mol. The molecular weight excluding hydrogens is 532 g/mol. The standard InChI is InChI=1S/C34H32N2O6/c1-20-10-12-22(13-11-20)31(37)41-19-27-25(16-17-28-30(27)35-33(39)34(3,4)36-28)26-15-14-23(18-29(26)40-5)42-32(38)24-9-7-6-8-21(24)2/h6-18,36H,19H2,1-5H3,(H,35,39). The molecule has 1 amide bonds. The molecule has 1 aliphatic heterocycles. The molecular formula is C34H32N2O6. The smallest absolute Gasteiger partial charge is 0.343 e. The Labute approximate surface area is 244 Å². The molecule has 0 saturated carbocycles. The van der Waals surface area contributed by atoms with Crippen LogP contribution in [0.1, 0.15) is 51.3 Å². The quantitative estimate of drug-likeness (QED) is 0.190. The maximum Gasteiger partial charge on any atom is 0.343 e. The van der Waals surface area contributed by atoms with Crippen molar-refractivity contribution in [1.29, 1.82) is 0 Å². The zero-order valence-corrected chi connectivity index (χ0v) is 24.2. The third-order valence-electron chi connectivity index (χ3n) is 7.24. The van der Waals surface area contributed by atoms with Crippen molar-refractivity contribution >= 4 is 29.2 Å². The molecule has 1 heterocycles. The van der Waals surface area contributed by atoms with Crippen molar-refractivity contribution in [2.75, 3.05) is 17.7 Å². The highest BCUT2D eigenvalue weighted by Crippen LogP contribution is 2.43. The van der Waals surface area contributed by atoms with Crippen molar-refractivity contribution < 1.29 is 28.6 Å². The molecule has 0 bridgehead atoms. The third kappa shape index (κ3) is 5.69. The van der Waals surface area contributed by atoms with E-state index < -0.39 is 17.5 Å². The Bertz CT molecular complexity index is 1690. The Hall–Kier alpha value is -5.11. The number of carbonyl (C=O) groups is 3. The molecule has 0 saturated heterocycles. The zero-order chi connectivity index (χ0) is 30.0. The Morgan fingerprint density at radius 3 is 2.29 bits per heavy atom. The minimum absolute atomic E-state index is 0.110. The van der Waals surface area contributed by atoms with E-state index in [1.807, 2.05) is 50.2 Å². The van der Waals surface area contributed by atoms with Gasteiger partial charge in [-0.1, -0.05) is 42.0 Å². The van der Waals surface area contributed by atoms with E-state index in [2.05, 4.69) is 10.6 Å². The van der Waals surface area contributed by atoms with E-state index in [0.29, 0.717) is 50.7 Å². The molecule has 0 unspecified atom stereocenters. The van der Waals surface area contributed by atoms with Gasteiger partial charge in [-0.2, -0.15) is 0 Å². The molecule has 42 heavy (non-hydrogen) atoms. The SMILES string of the molecule is COc1cc(OC(=O)c2ccccc2C)ccc1-c1ccc2c(c1COC(=O)c1ccc(C)cc1)NC(=O)C(C)(C)N2. The van der Waals surface area contributed by atoms with Crippen LogP contribution in [0.3, 0.4) is 0 Å². The number of amides is 1. The first kappa shape index (κ1) is 28.4. The lowest BCUT2D eigenvalue weighted by Gasteiger charge is -2.34. The topological polar surface area (TPSA) is 103 Å². The Morgan fingerprint density at radius 2 is 1.57 bits per heavy atom. The molecule has 1 aliphatic rings. The predicted molar refractivity (Wildman–Crippen MR) is 161 cm³/mol. The number of fused-ring (bicyclic) bond motifs is 1. The highest BCUT2D eigenvalue weighted by Gasteiger charge is 2.35. The van der Waals surface area contributed by atoms with Crippen LogP contribution in [0.15, 0.2) is 78.9 Å². The summed E-state index contributed by atoms with van der Waals surface area (Å²) in [5.41, 5.74) is 5.06. The maximum absolute atomic E-state index is 12.9. The first-order chi connectivity index (χ1) is 20.1. The van der Waals surface area contributed by atoms with E-state index >= 15 is 0 Å². The molecule has 5 rings (SSSR count). The number of anilines is 2. The summed E-state index contributed by atoms with van der Waals surface area (Å²) in [5, 5.41) is 6.26. The Balaban J connectivity index is 1.51. The summed E-state index contributed by atoms with van der Waals surface area (Å²) in [4.78, 5) is 38.7. The zero-order valence-electron chi connectivity index (χ0n) is 24.2. The van der Waals surface area contributed by atoms with Crippen molar-refractivity contribution in [3.05, 3.63) is 107 Å². The number of rotatable bonds is 7. The largest absolute Gasteiger partial charge is 0.496 e. The summed E-state index contributed by atoms with van der Waals surface area (Å²) in [6.45, 7) is 7.25. The van der Waals surface area contributed by atoms with Gasteiger partial charge in [0.25, 0.3) is 0 Å². The second-order valence-electron chi connectivity index (χ2n) is 10.7. The van der Waals surface area contributed by atoms with Gasteiger partial charge >= 0.3 is 11.9 Å². The van der Waals surface area contributed by atoms with Gasteiger partial charge in [-0.3, -0.25) is 4.79 Å². The van der Waals surface area contributed by atoms with Crippen LogP contribution in [-0.4, -0.2) is 30.5 Å². The summed E-state index contributed by atoms with van der Waals surface area (Å²) >= 11 is 0. The van der Waals surface area contributed by atoms with Crippen LogP contribution in [-0.2, 0) is 16.1 Å². The number of esters is 2. The third-order valence-corrected chi connectivity index (χ3v) is 7.24. The number of ether oxygens (including phenoxy) is 3. The molecule has 0 atom stereocenters. The van der Waals surface area contributed by atoms with Crippen LogP contribution in [0.2, 0.25) is 0 Å². The fraction of sp³-hybridized carbons (Fsp3) is 0.206. The van der Waals surface area contributed by atoms with Crippen molar-refractivity contribution in [2.24, 2.45) is 0 Å². The summed E-state index contributed by atoms with van der Waals surface area (Å²) in [5.74, 6) is -0.433. The number of nitrogens with one attached hydrogen (secondary N) is 2. The van der Waals surface area contributed by atoms with E-state index in [1.165, 1.54) is 7.11 Å². The molecule has 8 nitrogen and oxygen atoms in total. The van der Waals surface area contributed by atoms with Gasteiger partial charge in [0.2, 0.25) is 5.91 Å². The van der Waals surface area contributed by atoms with Crippen LogP contribution >= 0.6 is 0 Å². The maximum atomic E-state index is 12.9. The number of hydrogen-bond acceptors (Lipinski definition) is 7. The van der Waals surface area contributed by atoms with Gasteiger partial charge in [0, 0.05) is 17.2 Å². The number of methoxy groups -OCH3 is 1. The molecule has 0 aliphatic carbocycles. The summed E-state index contributed by atoms with van der Waals surface area (Å²) in [7, 11) is 1.52. The highest BCUT2D eigenvalue weighted by molar-refractivity contribution is 6.07. The van der Waals surface area contributed by atoms with Crippen LogP contribution in [0.5, 0.6) is 11.5 Å². The van der Waals surface area contributed by atoms with Gasteiger partial charge in [0.15, 0.2) is 0 Å². The van der Waals surface area contributed by atoms with Gasteiger partial charge in [-0.25, -0.2) is 9.59 Å². The average molecular weight is 565 g/mol. The Kier molecular flexibility index (Phi) is 7.72. The Morgan fingerprint density at radius 1 is 0.857 bits per heavy atom. The molecule has 214 valence electrons. The van der Waals surface area contributed by atoms with Crippen molar-refractivity contribution in [3.63, 3.8) is 0 Å². The molecule has 4 aromatic carbocycles. The van der Waals surface area contributed by atoms with Crippen LogP contribution in [0, 0.1) is 13.8 Å². The van der Waals surface area contributed by atoms with Gasteiger partial charge in [-0.05, 0) is 75.2 Å². The normalized spacial score (nSPS) is 13.3. The van der Waals surface area contributed by atoms with Crippen LogP contribution < -0.4 is 20.1 Å². The van der Waals surface area contributed by atoms with Crippen molar-refractivity contribution in [1.82, 2.24) is 0 Å². The van der Waals surface area contributed by atoms with E-state index in [-0.39, 0.29) is 12.5 Å². The molecule has 0 aromatic heterocycles. The van der Waals surface area contributed by atoms with E-state index in [4.69, 9.17) is 14.2 Å². The summed E-state index contributed by atoms with van der Waals surface area (Å²) < 4.78 is 17.1. The van der Waals surface area contributed by atoms with Gasteiger partial charge < -0.3 is 24.8 Å². The van der Waals surface area contributed by atoms with Gasteiger partial charge in [0.1, 0.15) is 23.6 Å². The minimum Gasteiger partial charge on any atom is -0.496 e. The average Bonchev–Trinajstić information content (AvgIpc) is 2.97. The lowest BCUT2D eigenvalue weighted by Crippen LogP contribution is -2.47. The molecule has 8 heteroatoms. The van der Waals surface area contributed by atoms with E-state index in [9.17, 15) is 14.4 Å². The first-order valence-electron chi connectivity index (χ1n) is 13.5. The number of carbonyl (C=O) groups excluding carboxylic acids is 3. The number of hydrogen-bond donors (Lipinski definition) is 2. The molecule has 4 aromatic rings. The second kappa shape index (κ2) is 11.4. The molecule has 0 radical (unpaired) electrons. The highest BCUT2D eigenvalue weighted by atomic mass is 16.5. The summed E-state index contributed by atoms with van der Waals surface area (Å²) in [6, 6.07) is 23.1. The number of benzene rings is 4. The molecule has 2 N–H and O–H groups in total. The van der Waals surface area contributed by atoms with Gasteiger partial charge in [0.05, 0.1) is 29.6 Å².